The monoisotopic (exact) mass is 320 g/mol. The third kappa shape index (κ3) is 5.36. The van der Waals surface area contributed by atoms with Crippen molar-refractivity contribution in [1.29, 1.82) is 0 Å². The number of amides is 1. The average Bonchev–Trinajstić information content (AvgIpc) is 2.60. The molecule has 23 heavy (non-hydrogen) atoms. The van der Waals surface area contributed by atoms with Crippen LogP contribution >= 0.6 is 0 Å². The van der Waals surface area contributed by atoms with Gasteiger partial charge in [-0.15, -0.1) is 0 Å². The molecule has 1 aromatic rings. The number of ether oxygens (including phenoxy) is 1. The Labute approximate surface area is 136 Å². The summed E-state index contributed by atoms with van der Waals surface area (Å²) in [7, 11) is 0. The van der Waals surface area contributed by atoms with Crippen LogP contribution in [-0.2, 0) is 0 Å². The zero-order valence-electron chi connectivity index (χ0n) is 13.6. The highest BCUT2D eigenvalue weighted by Crippen LogP contribution is 2.19. The van der Waals surface area contributed by atoms with E-state index in [1.54, 1.807) is 31.2 Å². The van der Waals surface area contributed by atoms with Crippen LogP contribution in [0.3, 0.4) is 0 Å². The summed E-state index contributed by atoms with van der Waals surface area (Å²) in [5.74, 6) is 0.110. The van der Waals surface area contributed by atoms with E-state index < -0.39 is 0 Å². The lowest BCUT2D eigenvalue weighted by Crippen LogP contribution is -2.36. The molecule has 4 nitrogen and oxygen atoms in total. The molecule has 0 spiro atoms. The van der Waals surface area contributed by atoms with Crippen LogP contribution in [0.5, 0.6) is 5.75 Å². The molecule has 1 saturated carbocycles. The Morgan fingerprint density at radius 2 is 1.91 bits per heavy atom. The minimum Gasteiger partial charge on any atom is -0.487 e. The summed E-state index contributed by atoms with van der Waals surface area (Å²) in [4.78, 5) is 12.2. The van der Waals surface area contributed by atoms with Crippen molar-refractivity contribution in [2.75, 3.05) is 13.2 Å². The molecule has 0 atom stereocenters. The van der Waals surface area contributed by atoms with E-state index in [4.69, 9.17) is 10.5 Å². The normalized spacial score (nSPS) is 16.7. The molecule has 0 unspecified atom stereocenters. The molecule has 1 amide bonds. The molecule has 2 rings (SSSR count). The summed E-state index contributed by atoms with van der Waals surface area (Å²) in [6.07, 6.45) is 5.73. The lowest BCUT2D eigenvalue weighted by Gasteiger charge is -2.22. The van der Waals surface area contributed by atoms with Gasteiger partial charge in [-0.2, -0.15) is 0 Å². The van der Waals surface area contributed by atoms with E-state index in [1.165, 1.54) is 19.3 Å². The molecule has 0 radical (unpaired) electrons. The van der Waals surface area contributed by atoms with Gasteiger partial charge in [-0.25, -0.2) is 4.39 Å². The Balaban J connectivity index is 1.87. The number of nitrogens with two attached hydrogens (primary N) is 1. The lowest BCUT2D eigenvalue weighted by atomic mass is 9.95. The maximum atomic E-state index is 13.6. The quantitative estimate of drug-likeness (QED) is 0.845. The second-order valence-corrected chi connectivity index (χ2v) is 6.01. The van der Waals surface area contributed by atoms with Crippen LogP contribution in [0.2, 0.25) is 0 Å². The van der Waals surface area contributed by atoms with Crippen LogP contribution in [0.25, 0.3) is 0 Å². The first-order chi connectivity index (χ1) is 11.1. The van der Waals surface area contributed by atoms with Crippen molar-refractivity contribution >= 4 is 5.91 Å². The van der Waals surface area contributed by atoms with Crippen LogP contribution < -0.4 is 15.8 Å². The first-order valence-corrected chi connectivity index (χ1v) is 8.18. The molecule has 0 saturated heterocycles. The van der Waals surface area contributed by atoms with E-state index in [9.17, 15) is 9.18 Å². The number of hydrogen-bond acceptors (Lipinski definition) is 3. The molecule has 0 aliphatic heterocycles. The number of rotatable bonds is 6. The second kappa shape index (κ2) is 8.67. The predicted molar refractivity (Wildman–Crippen MR) is 89.1 cm³/mol. The molecule has 1 fully saturated rings. The highest BCUT2D eigenvalue weighted by molar-refractivity contribution is 5.94. The fraction of sp³-hybridized carbons (Fsp3) is 0.500. The molecule has 0 bridgehead atoms. The van der Waals surface area contributed by atoms with Crippen molar-refractivity contribution in [1.82, 2.24) is 5.32 Å². The Morgan fingerprint density at radius 1 is 1.26 bits per heavy atom. The molecule has 126 valence electrons. The number of carbonyl (C=O) groups is 1. The molecule has 3 N–H and O–H groups in total. The summed E-state index contributed by atoms with van der Waals surface area (Å²) in [5.41, 5.74) is 6.45. The van der Waals surface area contributed by atoms with Crippen molar-refractivity contribution in [3.63, 3.8) is 0 Å². The van der Waals surface area contributed by atoms with Gasteiger partial charge in [-0.05, 0) is 49.6 Å². The van der Waals surface area contributed by atoms with Gasteiger partial charge < -0.3 is 15.8 Å². The molecule has 5 heteroatoms. The van der Waals surface area contributed by atoms with Crippen molar-refractivity contribution in [3.05, 3.63) is 41.2 Å². The molecular formula is C18H25FN2O2. The molecular weight excluding hydrogens is 295 g/mol. The summed E-state index contributed by atoms with van der Waals surface area (Å²) in [6.45, 7) is 1.67. The van der Waals surface area contributed by atoms with Crippen molar-refractivity contribution in [2.24, 2.45) is 5.73 Å². The fourth-order valence-electron chi connectivity index (χ4n) is 2.60. The van der Waals surface area contributed by atoms with Gasteiger partial charge in [0.25, 0.3) is 5.91 Å². The number of hydrogen-bond donors (Lipinski definition) is 2. The maximum absolute atomic E-state index is 13.6. The average molecular weight is 320 g/mol. The third-order valence-electron chi connectivity index (χ3n) is 4.19. The lowest BCUT2D eigenvalue weighted by molar-refractivity contribution is 0.0927. The summed E-state index contributed by atoms with van der Waals surface area (Å²) in [5, 5.41) is 3.07. The molecule has 0 heterocycles. The minimum absolute atomic E-state index is 0.0616. The van der Waals surface area contributed by atoms with Gasteiger partial charge in [0.05, 0.1) is 0 Å². The van der Waals surface area contributed by atoms with Gasteiger partial charge in [0.1, 0.15) is 18.2 Å². The largest absolute Gasteiger partial charge is 0.487 e. The zero-order valence-corrected chi connectivity index (χ0v) is 13.6. The molecule has 1 aliphatic carbocycles. The molecule has 1 aromatic carbocycles. The van der Waals surface area contributed by atoms with Crippen LogP contribution in [0.4, 0.5) is 4.39 Å². The standard InChI is InChI=1S/C18H25FN2O2/c1-13(11-20)17(19)12-23-16-9-7-14(8-10-16)18(22)21-15-5-3-2-4-6-15/h7-10,15H,2-6,11-12,20H2,1H3,(H,21,22). The third-order valence-corrected chi connectivity index (χ3v) is 4.19. The Kier molecular flexibility index (Phi) is 6.59. The maximum Gasteiger partial charge on any atom is 0.251 e. The fourth-order valence-corrected chi connectivity index (χ4v) is 2.60. The Morgan fingerprint density at radius 3 is 2.52 bits per heavy atom. The first-order valence-electron chi connectivity index (χ1n) is 8.18. The van der Waals surface area contributed by atoms with Crippen LogP contribution in [0.15, 0.2) is 35.7 Å². The Bertz CT molecular complexity index is 549. The van der Waals surface area contributed by atoms with Gasteiger partial charge in [0, 0.05) is 18.2 Å². The van der Waals surface area contributed by atoms with Crippen LogP contribution in [0.1, 0.15) is 49.4 Å². The minimum atomic E-state index is -0.355. The second-order valence-electron chi connectivity index (χ2n) is 6.01. The van der Waals surface area contributed by atoms with Gasteiger partial charge in [-0.3, -0.25) is 4.79 Å². The summed E-state index contributed by atoms with van der Waals surface area (Å²) in [6, 6.07) is 7.04. The van der Waals surface area contributed by atoms with E-state index >= 15 is 0 Å². The number of benzene rings is 1. The highest BCUT2D eigenvalue weighted by atomic mass is 19.1. The van der Waals surface area contributed by atoms with E-state index in [0.717, 1.165) is 12.8 Å². The smallest absolute Gasteiger partial charge is 0.251 e. The zero-order chi connectivity index (χ0) is 16.7. The van der Waals surface area contributed by atoms with E-state index in [-0.39, 0.29) is 30.9 Å². The van der Waals surface area contributed by atoms with E-state index in [2.05, 4.69) is 5.32 Å². The van der Waals surface area contributed by atoms with Gasteiger partial charge in [-0.1, -0.05) is 19.3 Å². The van der Waals surface area contributed by atoms with Gasteiger partial charge >= 0.3 is 0 Å². The van der Waals surface area contributed by atoms with E-state index in [0.29, 0.717) is 16.9 Å². The van der Waals surface area contributed by atoms with Crippen molar-refractivity contribution < 1.29 is 13.9 Å². The van der Waals surface area contributed by atoms with Crippen molar-refractivity contribution in [2.45, 2.75) is 45.1 Å². The summed E-state index contributed by atoms with van der Waals surface area (Å²) >= 11 is 0. The number of nitrogens with one attached hydrogen (secondary N) is 1. The van der Waals surface area contributed by atoms with Crippen LogP contribution in [0, 0.1) is 0 Å². The SMILES string of the molecule is CC(CN)=C(F)COc1ccc(C(=O)NC2CCCCC2)cc1. The Hall–Kier alpha value is -1.88. The first kappa shape index (κ1) is 17.5. The topological polar surface area (TPSA) is 64.3 Å². The van der Waals surface area contributed by atoms with Gasteiger partial charge in [0.2, 0.25) is 0 Å². The molecule has 0 aromatic heterocycles. The van der Waals surface area contributed by atoms with Crippen LogP contribution in [-0.4, -0.2) is 25.1 Å². The number of carbonyl (C=O) groups excluding carboxylic acids is 1. The summed E-state index contributed by atoms with van der Waals surface area (Å²) < 4.78 is 18.9. The van der Waals surface area contributed by atoms with Gasteiger partial charge in [0.15, 0.2) is 0 Å². The molecule has 1 aliphatic rings. The highest BCUT2D eigenvalue weighted by Gasteiger charge is 2.16. The predicted octanol–water partition coefficient (Wildman–Crippen LogP) is 3.33. The number of halogens is 1. The van der Waals surface area contributed by atoms with Crippen molar-refractivity contribution in [3.8, 4) is 5.75 Å². The van der Waals surface area contributed by atoms with E-state index in [1.807, 2.05) is 0 Å².